The van der Waals surface area contributed by atoms with Crippen molar-refractivity contribution in [3.63, 3.8) is 0 Å². The predicted molar refractivity (Wildman–Crippen MR) is 147 cm³/mol. The van der Waals surface area contributed by atoms with E-state index >= 15 is 4.39 Å². The monoisotopic (exact) mass is 526 g/mol. The molecule has 2 amide bonds. The number of aromatic nitrogens is 3. The minimum atomic E-state index is -0.370. The number of Topliss-reactive ketones (excluding diaryl/α,β-unsaturated/α-hetero) is 1. The summed E-state index contributed by atoms with van der Waals surface area (Å²) in [6.07, 6.45) is 8.86. The van der Waals surface area contributed by atoms with Gasteiger partial charge in [-0.2, -0.15) is 0 Å². The first kappa shape index (κ1) is 23.9. The van der Waals surface area contributed by atoms with Gasteiger partial charge in [-0.15, -0.1) is 0 Å². The van der Waals surface area contributed by atoms with Crippen LogP contribution in [0, 0.1) is 11.7 Å². The van der Waals surface area contributed by atoms with Crippen LogP contribution in [0.3, 0.4) is 0 Å². The Morgan fingerprint density at radius 3 is 2.79 bits per heavy atom. The van der Waals surface area contributed by atoms with Gasteiger partial charge in [0, 0.05) is 56.1 Å². The van der Waals surface area contributed by atoms with E-state index in [0.717, 1.165) is 54.8 Å². The van der Waals surface area contributed by atoms with Crippen LogP contribution in [0.5, 0.6) is 0 Å². The SMILES string of the molecule is CCC1CCN(C(=O)N2CCn3cc(C4=C(c5cnc6ccccn56)NCC4=O)c4cc(F)cc(c43)C2)CC1. The van der Waals surface area contributed by atoms with Crippen molar-refractivity contribution in [3.05, 3.63) is 71.6 Å². The first-order chi connectivity index (χ1) is 19.0. The Balaban J connectivity index is 1.29. The number of likely N-dealkylation sites (tertiary alicyclic amines) is 1. The van der Waals surface area contributed by atoms with Gasteiger partial charge in [-0.1, -0.05) is 19.4 Å². The van der Waals surface area contributed by atoms with Crippen LogP contribution in [0.25, 0.3) is 27.8 Å². The number of hydrogen-bond acceptors (Lipinski definition) is 4. The lowest BCUT2D eigenvalue weighted by molar-refractivity contribution is -0.112. The fourth-order valence-electron chi connectivity index (χ4n) is 6.50. The number of rotatable bonds is 3. The van der Waals surface area contributed by atoms with Crippen LogP contribution in [0.2, 0.25) is 0 Å². The molecule has 1 aromatic carbocycles. The fraction of sp³-hybridized carbons (Fsp3) is 0.367. The predicted octanol–water partition coefficient (Wildman–Crippen LogP) is 4.53. The van der Waals surface area contributed by atoms with Crippen LogP contribution in [0.15, 0.2) is 48.9 Å². The second kappa shape index (κ2) is 9.25. The first-order valence-electron chi connectivity index (χ1n) is 13.8. The van der Waals surface area contributed by atoms with Crippen molar-refractivity contribution in [1.29, 1.82) is 0 Å². The Kier molecular flexibility index (Phi) is 5.68. The number of halogens is 1. The summed E-state index contributed by atoms with van der Waals surface area (Å²) in [4.78, 5) is 35.0. The van der Waals surface area contributed by atoms with Crippen LogP contribution in [-0.4, -0.2) is 61.7 Å². The summed E-state index contributed by atoms with van der Waals surface area (Å²) in [5.41, 5.74) is 5.19. The van der Waals surface area contributed by atoms with E-state index in [1.54, 1.807) is 6.20 Å². The molecule has 0 atom stereocenters. The summed E-state index contributed by atoms with van der Waals surface area (Å²) in [6.45, 7) is 5.38. The van der Waals surface area contributed by atoms with Gasteiger partial charge in [0.15, 0.2) is 5.78 Å². The van der Waals surface area contributed by atoms with Crippen LogP contribution >= 0.6 is 0 Å². The summed E-state index contributed by atoms with van der Waals surface area (Å²) in [7, 11) is 0. The Morgan fingerprint density at radius 1 is 1.13 bits per heavy atom. The maximum absolute atomic E-state index is 15.1. The van der Waals surface area contributed by atoms with Crippen LogP contribution in [0.1, 0.15) is 43.0 Å². The van der Waals surface area contributed by atoms with Crippen LogP contribution in [0.4, 0.5) is 9.18 Å². The average Bonchev–Trinajstić information content (AvgIpc) is 3.61. The van der Waals surface area contributed by atoms with E-state index in [2.05, 4.69) is 21.8 Å². The van der Waals surface area contributed by atoms with Gasteiger partial charge in [-0.25, -0.2) is 14.2 Å². The minimum Gasteiger partial charge on any atom is -0.375 e. The van der Waals surface area contributed by atoms with E-state index in [1.807, 2.05) is 44.8 Å². The molecule has 3 aliphatic rings. The highest BCUT2D eigenvalue weighted by molar-refractivity contribution is 6.33. The number of nitrogens with zero attached hydrogens (tertiary/aromatic N) is 5. The highest BCUT2D eigenvalue weighted by atomic mass is 19.1. The van der Waals surface area contributed by atoms with Gasteiger partial charge < -0.3 is 19.7 Å². The zero-order chi connectivity index (χ0) is 26.7. The highest BCUT2D eigenvalue weighted by Gasteiger charge is 2.32. The Hall–Kier alpha value is -4.14. The number of imidazole rings is 1. The van der Waals surface area contributed by atoms with E-state index in [9.17, 15) is 9.59 Å². The lowest BCUT2D eigenvalue weighted by Crippen LogP contribution is -2.46. The number of ketones is 1. The molecule has 0 spiro atoms. The van der Waals surface area contributed by atoms with E-state index in [-0.39, 0.29) is 24.2 Å². The highest BCUT2D eigenvalue weighted by Crippen LogP contribution is 2.38. The number of pyridine rings is 1. The summed E-state index contributed by atoms with van der Waals surface area (Å²) in [5, 5.41) is 3.97. The number of benzene rings is 1. The summed E-state index contributed by atoms with van der Waals surface area (Å²) in [6, 6.07) is 8.84. The van der Waals surface area contributed by atoms with Gasteiger partial charge in [0.2, 0.25) is 0 Å². The molecule has 39 heavy (non-hydrogen) atoms. The number of hydrogen-bond donors (Lipinski definition) is 1. The molecule has 9 heteroatoms. The van der Waals surface area contributed by atoms with Crippen molar-refractivity contribution in [2.24, 2.45) is 5.92 Å². The lowest BCUT2D eigenvalue weighted by Gasteiger charge is -2.35. The third-order valence-electron chi connectivity index (χ3n) is 8.62. The Morgan fingerprint density at radius 2 is 1.97 bits per heavy atom. The molecule has 3 aliphatic heterocycles. The summed E-state index contributed by atoms with van der Waals surface area (Å²) < 4.78 is 19.1. The topological polar surface area (TPSA) is 74.9 Å². The molecule has 0 radical (unpaired) electrons. The van der Waals surface area contributed by atoms with Gasteiger partial charge in [-0.3, -0.25) is 9.20 Å². The van der Waals surface area contributed by atoms with E-state index in [4.69, 9.17) is 0 Å². The normalized spacial score (nSPS) is 18.4. The number of carbonyl (C=O) groups is 2. The zero-order valence-electron chi connectivity index (χ0n) is 22.0. The smallest absolute Gasteiger partial charge is 0.320 e. The molecule has 200 valence electrons. The van der Waals surface area contributed by atoms with Crippen LogP contribution < -0.4 is 5.32 Å². The molecule has 0 saturated carbocycles. The van der Waals surface area contributed by atoms with Crippen molar-refractivity contribution in [2.45, 2.75) is 39.3 Å². The molecule has 0 unspecified atom stereocenters. The third kappa shape index (κ3) is 3.90. The zero-order valence-corrected chi connectivity index (χ0v) is 22.0. The first-order valence-corrected chi connectivity index (χ1v) is 13.8. The number of nitrogens with one attached hydrogen (secondary N) is 1. The average molecular weight is 527 g/mol. The largest absolute Gasteiger partial charge is 0.375 e. The fourth-order valence-corrected chi connectivity index (χ4v) is 6.50. The molecular weight excluding hydrogens is 495 g/mol. The number of amides is 2. The molecule has 4 aromatic rings. The number of piperidine rings is 1. The second-order valence-corrected chi connectivity index (χ2v) is 10.8. The molecule has 3 aromatic heterocycles. The van der Waals surface area contributed by atoms with Crippen molar-refractivity contribution < 1.29 is 14.0 Å². The van der Waals surface area contributed by atoms with E-state index < -0.39 is 0 Å². The van der Waals surface area contributed by atoms with Gasteiger partial charge in [-0.05, 0) is 48.6 Å². The van der Waals surface area contributed by atoms with Gasteiger partial charge >= 0.3 is 6.03 Å². The lowest BCUT2D eigenvalue weighted by atomic mass is 9.95. The number of fused-ring (bicyclic) bond motifs is 1. The molecule has 1 N–H and O–H groups in total. The molecule has 1 fully saturated rings. The third-order valence-corrected chi connectivity index (χ3v) is 8.62. The summed E-state index contributed by atoms with van der Waals surface area (Å²) in [5.74, 6) is 0.280. The maximum Gasteiger partial charge on any atom is 0.320 e. The Labute approximate surface area is 225 Å². The maximum atomic E-state index is 15.1. The van der Waals surface area contributed by atoms with E-state index in [1.165, 1.54) is 12.1 Å². The second-order valence-electron chi connectivity index (χ2n) is 10.8. The molecular formula is C30H31FN6O2. The quantitative estimate of drug-likeness (QED) is 0.426. The minimum absolute atomic E-state index is 0.0284. The molecule has 0 aliphatic carbocycles. The van der Waals surface area contributed by atoms with Crippen molar-refractivity contribution in [2.75, 3.05) is 26.2 Å². The van der Waals surface area contributed by atoms with Crippen molar-refractivity contribution in [3.8, 4) is 0 Å². The Bertz CT molecular complexity index is 1660. The van der Waals surface area contributed by atoms with E-state index in [0.29, 0.717) is 47.8 Å². The molecule has 6 heterocycles. The molecule has 7 rings (SSSR count). The van der Waals surface area contributed by atoms with Crippen molar-refractivity contribution in [1.82, 2.24) is 29.1 Å². The van der Waals surface area contributed by atoms with Gasteiger partial charge in [0.05, 0.1) is 35.2 Å². The van der Waals surface area contributed by atoms with Gasteiger partial charge in [0.25, 0.3) is 0 Å². The number of carbonyl (C=O) groups excluding carboxylic acids is 2. The molecule has 0 bridgehead atoms. The number of urea groups is 1. The molecule has 8 nitrogen and oxygen atoms in total. The van der Waals surface area contributed by atoms with Crippen molar-refractivity contribution >= 4 is 39.6 Å². The standard InChI is InChI=1S/C30H31FN6O2/c1-2-19-6-9-34(10-7-19)30(39)36-12-11-35-18-23(22-14-21(31)13-20(17-36)29(22)35)27-25(38)16-33-28(27)24-15-32-26-5-3-4-8-37(24)26/h3-5,8,13-15,18-19,33H,2,6-7,9-12,16-17H2,1H3. The van der Waals surface area contributed by atoms with Crippen LogP contribution in [-0.2, 0) is 17.9 Å². The summed E-state index contributed by atoms with van der Waals surface area (Å²) >= 11 is 0. The van der Waals surface area contributed by atoms with Gasteiger partial charge in [0.1, 0.15) is 11.5 Å². The molecule has 1 saturated heterocycles.